The minimum Gasteiger partial charge on any atom is -0.493 e. The standard InChI is InChI=1S/C28H31N3O3Si/c1-31(22-7-5-20(6-8-22)13-16-35(2,3)4)23-9-10-24-21(12-15-34-27(24)17-23)18-30-26-19-29-14-11-25(26)28(32)33/h5-11,14,17,19,21,30H,12,15,18H2,1-4H3,(H,32,33)/t21-/m0/s1. The number of benzene rings is 2. The van der Waals surface area contributed by atoms with Crippen LogP contribution in [-0.2, 0) is 0 Å². The zero-order valence-electron chi connectivity index (χ0n) is 20.6. The molecule has 0 bridgehead atoms. The van der Waals surface area contributed by atoms with Gasteiger partial charge in [-0.15, -0.1) is 5.54 Å². The third-order valence-electron chi connectivity index (χ3n) is 5.97. The Morgan fingerprint density at radius 2 is 1.91 bits per heavy atom. The molecule has 2 heterocycles. The predicted molar refractivity (Wildman–Crippen MR) is 144 cm³/mol. The number of aromatic nitrogens is 1. The minimum absolute atomic E-state index is 0.212. The topological polar surface area (TPSA) is 74.7 Å². The lowest BCUT2D eigenvalue weighted by Crippen LogP contribution is -2.22. The molecular weight excluding hydrogens is 454 g/mol. The molecule has 1 atom stereocenters. The van der Waals surface area contributed by atoms with E-state index in [1.807, 2.05) is 7.05 Å². The minimum atomic E-state index is -1.40. The lowest BCUT2D eigenvalue weighted by atomic mass is 9.92. The van der Waals surface area contributed by atoms with Crippen LogP contribution in [0.1, 0.15) is 33.8 Å². The van der Waals surface area contributed by atoms with Crippen LogP contribution in [0.5, 0.6) is 5.75 Å². The molecular formula is C28H31N3O3Si. The lowest BCUT2D eigenvalue weighted by molar-refractivity contribution is 0.0697. The average molecular weight is 486 g/mol. The van der Waals surface area contributed by atoms with Crippen molar-refractivity contribution < 1.29 is 14.6 Å². The van der Waals surface area contributed by atoms with Crippen LogP contribution < -0.4 is 15.0 Å². The molecule has 1 aromatic heterocycles. The Morgan fingerprint density at radius 1 is 1.17 bits per heavy atom. The molecule has 2 aromatic carbocycles. The van der Waals surface area contributed by atoms with Crippen molar-refractivity contribution in [1.29, 1.82) is 0 Å². The number of pyridine rings is 1. The first-order valence-corrected chi connectivity index (χ1v) is 15.3. The van der Waals surface area contributed by atoms with Gasteiger partial charge in [0.15, 0.2) is 0 Å². The number of nitrogens with one attached hydrogen (secondary N) is 1. The molecule has 3 aromatic rings. The molecule has 1 aliphatic heterocycles. The van der Waals surface area contributed by atoms with E-state index in [-0.39, 0.29) is 11.5 Å². The van der Waals surface area contributed by atoms with Gasteiger partial charge >= 0.3 is 5.97 Å². The zero-order valence-corrected chi connectivity index (χ0v) is 21.6. The van der Waals surface area contributed by atoms with E-state index < -0.39 is 14.0 Å². The largest absolute Gasteiger partial charge is 0.493 e. The van der Waals surface area contributed by atoms with E-state index in [4.69, 9.17) is 4.74 Å². The van der Waals surface area contributed by atoms with Crippen molar-refractivity contribution in [2.24, 2.45) is 0 Å². The Labute approximate surface area is 208 Å². The molecule has 0 saturated carbocycles. The van der Waals surface area contributed by atoms with E-state index in [1.165, 1.54) is 12.3 Å². The summed E-state index contributed by atoms with van der Waals surface area (Å²) in [5.41, 5.74) is 8.44. The monoisotopic (exact) mass is 485 g/mol. The number of carboxylic acids is 1. The van der Waals surface area contributed by atoms with Crippen molar-refractivity contribution in [3.05, 3.63) is 77.6 Å². The number of anilines is 3. The number of nitrogens with zero attached hydrogens (tertiary/aromatic N) is 2. The maximum atomic E-state index is 11.5. The fourth-order valence-corrected chi connectivity index (χ4v) is 4.52. The quantitative estimate of drug-likeness (QED) is 0.342. The summed E-state index contributed by atoms with van der Waals surface area (Å²) >= 11 is 0. The smallest absolute Gasteiger partial charge is 0.337 e. The molecule has 0 unspecified atom stereocenters. The highest BCUT2D eigenvalue weighted by Crippen LogP contribution is 2.38. The summed E-state index contributed by atoms with van der Waals surface area (Å²) in [5.74, 6) is 3.42. The molecule has 6 nitrogen and oxygen atoms in total. The summed E-state index contributed by atoms with van der Waals surface area (Å²) in [7, 11) is 0.643. The van der Waals surface area contributed by atoms with Gasteiger partial charge in [0.05, 0.1) is 24.1 Å². The number of carboxylic acid groups (broad SMARTS) is 1. The predicted octanol–water partition coefficient (Wildman–Crippen LogP) is 5.75. The maximum Gasteiger partial charge on any atom is 0.337 e. The first-order chi connectivity index (χ1) is 16.7. The number of hydrogen-bond donors (Lipinski definition) is 2. The summed E-state index contributed by atoms with van der Waals surface area (Å²) in [6.07, 6.45) is 3.91. The summed E-state index contributed by atoms with van der Waals surface area (Å²) in [4.78, 5) is 17.7. The second-order valence-corrected chi connectivity index (χ2v) is 14.5. The normalized spacial score (nSPS) is 14.7. The summed E-state index contributed by atoms with van der Waals surface area (Å²) < 4.78 is 6.00. The molecule has 180 valence electrons. The maximum absolute atomic E-state index is 11.5. The van der Waals surface area contributed by atoms with Crippen LogP contribution in [0, 0.1) is 11.5 Å². The highest BCUT2D eigenvalue weighted by atomic mass is 28.3. The van der Waals surface area contributed by atoms with E-state index in [9.17, 15) is 9.90 Å². The van der Waals surface area contributed by atoms with Crippen molar-refractivity contribution in [1.82, 2.24) is 4.98 Å². The van der Waals surface area contributed by atoms with Crippen molar-refractivity contribution in [3.8, 4) is 17.2 Å². The second kappa shape index (κ2) is 10.2. The van der Waals surface area contributed by atoms with Crippen LogP contribution in [0.3, 0.4) is 0 Å². The number of carbonyl (C=O) groups is 1. The van der Waals surface area contributed by atoms with Crippen molar-refractivity contribution in [3.63, 3.8) is 0 Å². The van der Waals surface area contributed by atoms with E-state index in [1.54, 1.807) is 6.20 Å². The Morgan fingerprint density at radius 3 is 2.63 bits per heavy atom. The Bertz CT molecular complexity index is 1270. The van der Waals surface area contributed by atoms with Crippen molar-refractivity contribution >= 4 is 31.1 Å². The molecule has 0 aliphatic carbocycles. The molecule has 2 N–H and O–H groups in total. The fourth-order valence-electron chi connectivity index (χ4n) is 4.00. The van der Waals surface area contributed by atoms with E-state index >= 15 is 0 Å². The number of fused-ring (bicyclic) bond motifs is 1. The molecule has 1 aliphatic rings. The highest BCUT2D eigenvalue weighted by Gasteiger charge is 2.23. The van der Waals surface area contributed by atoms with Crippen molar-refractivity contribution in [2.75, 3.05) is 30.4 Å². The molecule has 0 saturated heterocycles. The van der Waals surface area contributed by atoms with Crippen LogP contribution in [-0.4, -0.2) is 44.3 Å². The van der Waals surface area contributed by atoms with E-state index in [0.717, 1.165) is 34.7 Å². The first kappa shape index (κ1) is 24.4. The fraction of sp³-hybridized carbons (Fsp3) is 0.286. The van der Waals surface area contributed by atoms with Gasteiger partial charge in [0.25, 0.3) is 0 Å². The lowest BCUT2D eigenvalue weighted by Gasteiger charge is -2.28. The van der Waals surface area contributed by atoms with Gasteiger partial charge in [-0.05, 0) is 48.4 Å². The van der Waals surface area contributed by atoms with Crippen LogP contribution in [0.25, 0.3) is 0 Å². The molecule has 35 heavy (non-hydrogen) atoms. The van der Waals surface area contributed by atoms with Crippen LogP contribution in [0.4, 0.5) is 17.1 Å². The number of aromatic carboxylic acids is 1. The van der Waals surface area contributed by atoms with E-state index in [2.05, 4.69) is 88.8 Å². The summed E-state index contributed by atoms with van der Waals surface area (Å²) in [6.45, 7) is 7.96. The van der Waals surface area contributed by atoms with Gasteiger partial charge in [-0.25, -0.2) is 4.79 Å². The zero-order chi connectivity index (χ0) is 25.0. The molecule has 4 rings (SSSR count). The number of rotatable bonds is 6. The molecule has 0 amide bonds. The third kappa shape index (κ3) is 6.03. The van der Waals surface area contributed by atoms with Crippen LogP contribution >= 0.6 is 0 Å². The second-order valence-electron chi connectivity index (χ2n) is 9.77. The summed E-state index contributed by atoms with van der Waals surface area (Å²) in [5, 5.41) is 12.7. The van der Waals surface area contributed by atoms with Gasteiger partial charge < -0.3 is 20.1 Å². The van der Waals surface area contributed by atoms with Gasteiger partial charge in [-0.1, -0.05) is 31.6 Å². The van der Waals surface area contributed by atoms with Crippen LogP contribution in [0.15, 0.2) is 60.9 Å². The van der Waals surface area contributed by atoms with Gasteiger partial charge in [0.1, 0.15) is 13.8 Å². The Balaban J connectivity index is 1.48. The summed E-state index contributed by atoms with van der Waals surface area (Å²) in [6, 6.07) is 16.1. The SMILES string of the molecule is CN(c1ccc(C#C[Si](C)(C)C)cc1)c1ccc2c(c1)OCC[C@H]2CNc1cnccc1C(=O)O. The van der Waals surface area contributed by atoms with E-state index in [0.29, 0.717) is 18.8 Å². The first-order valence-electron chi connectivity index (χ1n) is 11.8. The van der Waals surface area contributed by atoms with Crippen molar-refractivity contribution in [2.45, 2.75) is 32.0 Å². The Hall–Kier alpha value is -3.76. The average Bonchev–Trinajstić information content (AvgIpc) is 2.85. The molecule has 7 heteroatoms. The van der Waals surface area contributed by atoms with Gasteiger partial charge in [-0.3, -0.25) is 4.98 Å². The molecule has 0 radical (unpaired) electrons. The van der Waals surface area contributed by atoms with Crippen LogP contribution in [0.2, 0.25) is 19.6 Å². The molecule has 0 fully saturated rings. The molecule has 0 spiro atoms. The number of hydrogen-bond acceptors (Lipinski definition) is 5. The number of ether oxygens (including phenoxy) is 1. The van der Waals surface area contributed by atoms with Gasteiger partial charge in [0, 0.05) is 48.7 Å². The van der Waals surface area contributed by atoms with Gasteiger partial charge in [0.2, 0.25) is 0 Å². The third-order valence-corrected chi connectivity index (χ3v) is 6.85. The Kier molecular flexibility index (Phi) is 7.13. The van der Waals surface area contributed by atoms with Gasteiger partial charge in [-0.2, -0.15) is 0 Å². The highest BCUT2D eigenvalue weighted by molar-refractivity contribution is 6.83.